The van der Waals surface area contributed by atoms with E-state index in [-0.39, 0.29) is 5.91 Å². The lowest BCUT2D eigenvalue weighted by molar-refractivity contribution is -0.152. The second-order valence-corrected chi connectivity index (χ2v) is 8.06. The first-order chi connectivity index (χ1) is 14.8. The van der Waals surface area contributed by atoms with Gasteiger partial charge in [0.2, 0.25) is 0 Å². The van der Waals surface area contributed by atoms with Gasteiger partial charge in [-0.3, -0.25) is 4.79 Å². The Bertz CT molecular complexity index is 1170. The van der Waals surface area contributed by atoms with Gasteiger partial charge in [-0.1, -0.05) is 42.5 Å². The SMILES string of the molecule is CC(C)(Oc1ccc(C2=CCN(C(=O)c3ccc4ccccc4n3)CC2)cc1)C(=O)O. The van der Waals surface area contributed by atoms with Crippen LogP contribution in [0.1, 0.15) is 36.3 Å². The first-order valence-corrected chi connectivity index (χ1v) is 10.2. The van der Waals surface area contributed by atoms with Crippen molar-refractivity contribution in [3.05, 3.63) is 78.0 Å². The Balaban J connectivity index is 1.43. The molecule has 6 nitrogen and oxygen atoms in total. The Kier molecular flexibility index (Phi) is 5.46. The second kappa shape index (κ2) is 8.22. The number of aromatic nitrogens is 1. The number of benzene rings is 2. The molecule has 0 aliphatic carbocycles. The van der Waals surface area contributed by atoms with Gasteiger partial charge in [0.1, 0.15) is 11.4 Å². The van der Waals surface area contributed by atoms with Crippen molar-refractivity contribution < 1.29 is 19.4 Å². The summed E-state index contributed by atoms with van der Waals surface area (Å²) >= 11 is 0. The maximum absolute atomic E-state index is 12.9. The molecule has 1 aliphatic rings. The van der Waals surface area contributed by atoms with Gasteiger partial charge in [-0.15, -0.1) is 0 Å². The number of carboxylic acids is 1. The fraction of sp³-hybridized carbons (Fsp3) is 0.240. The number of carbonyl (C=O) groups excluding carboxylic acids is 1. The van der Waals surface area contributed by atoms with Gasteiger partial charge in [0, 0.05) is 18.5 Å². The smallest absolute Gasteiger partial charge is 0.347 e. The van der Waals surface area contributed by atoms with Crippen LogP contribution < -0.4 is 4.74 Å². The molecular weight excluding hydrogens is 392 g/mol. The second-order valence-electron chi connectivity index (χ2n) is 8.06. The molecule has 2 aromatic carbocycles. The lowest BCUT2D eigenvalue weighted by atomic mass is 9.99. The molecule has 4 rings (SSSR count). The van der Waals surface area contributed by atoms with Gasteiger partial charge >= 0.3 is 5.97 Å². The molecule has 0 bridgehead atoms. The summed E-state index contributed by atoms with van der Waals surface area (Å²) in [6.07, 6.45) is 2.79. The van der Waals surface area contributed by atoms with Gasteiger partial charge in [0.05, 0.1) is 5.52 Å². The van der Waals surface area contributed by atoms with Crippen molar-refractivity contribution in [2.45, 2.75) is 25.9 Å². The number of rotatable bonds is 5. The molecule has 1 N–H and O–H groups in total. The highest BCUT2D eigenvalue weighted by Gasteiger charge is 2.29. The van der Waals surface area contributed by atoms with Crippen LogP contribution in [0.3, 0.4) is 0 Å². The van der Waals surface area contributed by atoms with Crippen molar-refractivity contribution >= 4 is 28.4 Å². The normalized spacial score (nSPS) is 14.3. The number of hydrogen-bond donors (Lipinski definition) is 1. The van der Waals surface area contributed by atoms with Gasteiger partial charge in [0.25, 0.3) is 5.91 Å². The van der Waals surface area contributed by atoms with Crippen LogP contribution in [0, 0.1) is 0 Å². The summed E-state index contributed by atoms with van der Waals surface area (Å²) in [7, 11) is 0. The highest BCUT2D eigenvalue weighted by atomic mass is 16.5. The van der Waals surface area contributed by atoms with Crippen molar-refractivity contribution in [3.63, 3.8) is 0 Å². The lowest BCUT2D eigenvalue weighted by Gasteiger charge is -2.27. The Morgan fingerprint density at radius 1 is 1.03 bits per heavy atom. The number of amides is 1. The molecule has 1 aliphatic heterocycles. The van der Waals surface area contributed by atoms with E-state index in [0.29, 0.717) is 24.5 Å². The molecular formula is C25H24N2O4. The Hall–Kier alpha value is -3.67. The highest BCUT2D eigenvalue weighted by molar-refractivity contribution is 5.95. The van der Waals surface area contributed by atoms with Crippen molar-refractivity contribution in [3.8, 4) is 5.75 Å². The van der Waals surface area contributed by atoms with Crippen LogP contribution in [0.4, 0.5) is 0 Å². The van der Waals surface area contributed by atoms with Gasteiger partial charge < -0.3 is 14.7 Å². The van der Waals surface area contributed by atoms with Gasteiger partial charge in [0.15, 0.2) is 5.60 Å². The number of para-hydroxylation sites is 1. The quantitative estimate of drug-likeness (QED) is 0.667. The van der Waals surface area contributed by atoms with Gasteiger partial charge in [-0.25, -0.2) is 9.78 Å². The molecule has 0 saturated heterocycles. The fourth-order valence-electron chi connectivity index (χ4n) is 3.54. The summed E-state index contributed by atoms with van der Waals surface area (Å²) < 4.78 is 5.55. The number of hydrogen-bond acceptors (Lipinski definition) is 4. The number of carboxylic acid groups (broad SMARTS) is 1. The highest BCUT2D eigenvalue weighted by Crippen LogP contribution is 2.26. The molecule has 31 heavy (non-hydrogen) atoms. The van der Waals surface area contributed by atoms with E-state index in [1.807, 2.05) is 42.5 Å². The summed E-state index contributed by atoms with van der Waals surface area (Å²) in [6, 6.07) is 18.8. The molecule has 1 amide bonds. The predicted octanol–water partition coefficient (Wildman–Crippen LogP) is 4.41. The van der Waals surface area contributed by atoms with Gasteiger partial charge in [-0.05, 0) is 55.7 Å². The van der Waals surface area contributed by atoms with Crippen LogP contribution in [0.5, 0.6) is 5.75 Å². The summed E-state index contributed by atoms with van der Waals surface area (Å²) in [6.45, 7) is 4.17. The minimum atomic E-state index is -1.29. The first kappa shape index (κ1) is 20.6. The van der Waals surface area contributed by atoms with Crippen molar-refractivity contribution in [1.82, 2.24) is 9.88 Å². The monoisotopic (exact) mass is 416 g/mol. The number of pyridine rings is 1. The van der Waals surface area contributed by atoms with Crippen LogP contribution in [-0.2, 0) is 4.79 Å². The van der Waals surface area contributed by atoms with Crippen molar-refractivity contribution in [2.24, 2.45) is 0 Å². The van der Waals surface area contributed by atoms with Crippen LogP contribution in [-0.4, -0.2) is 45.6 Å². The summed E-state index contributed by atoms with van der Waals surface area (Å²) in [5.41, 5.74) is 2.17. The Labute approximate surface area is 180 Å². The third-order valence-corrected chi connectivity index (χ3v) is 5.43. The summed E-state index contributed by atoms with van der Waals surface area (Å²) in [5.74, 6) is -0.579. The molecule has 1 aromatic heterocycles. The summed E-state index contributed by atoms with van der Waals surface area (Å²) in [5, 5.41) is 10.2. The fourth-order valence-corrected chi connectivity index (χ4v) is 3.54. The zero-order chi connectivity index (χ0) is 22.0. The first-order valence-electron chi connectivity index (χ1n) is 10.2. The van der Waals surface area contributed by atoms with Crippen molar-refractivity contribution in [2.75, 3.05) is 13.1 Å². The largest absolute Gasteiger partial charge is 0.478 e. The third kappa shape index (κ3) is 4.43. The van der Waals surface area contributed by atoms with Crippen LogP contribution in [0.25, 0.3) is 16.5 Å². The van der Waals surface area contributed by atoms with Crippen LogP contribution >= 0.6 is 0 Å². The van der Waals surface area contributed by atoms with E-state index in [9.17, 15) is 14.7 Å². The molecule has 0 saturated carbocycles. The van der Waals surface area contributed by atoms with E-state index in [1.54, 1.807) is 23.1 Å². The predicted molar refractivity (Wildman–Crippen MR) is 119 cm³/mol. The molecule has 158 valence electrons. The minimum Gasteiger partial charge on any atom is -0.478 e. The molecule has 0 unspecified atom stereocenters. The number of ether oxygens (including phenoxy) is 1. The van der Waals surface area contributed by atoms with E-state index in [2.05, 4.69) is 11.1 Å². The molecule has 0 fully saturated rings. The van der Waals surface area contributed by atoms with E-state index in [1.165, 1.54) is 13.8 Å². The maximum Gasteiger partial charge on any atom is 0.347 e. The molecule has 3 aromatic rings. The number of carbonyl (C=O) groups is 2. The zero-order valence-corrected chi connectivity index (χ0v) is 17.5. The number of aliphatic carboxylic acids is 1. The average Bonchev–Trinajstić information content (AvgIpc) is 2.78. The van der Waals surface area contributed by atoms with E-state index in [0.717, 1.165) is 28.5 Å². The van der Waals surface area contributed by atoms with Crippen LogP contribution in [0.2, 0.25) is 0 Å². The number of nitrogens with zero attached hydrogens (tertiary/aromatic N) is 2. The third-order valence-electron chi connectivity index (χ3n) is 5.43. The topological polar surface area (TPSA) is 79.7 Å². The number of fused-ring (bicyclic) bond motifs is 1. The average molecular weight is 416 g/mol. The molecule has 0 atom stereocenters. The summed E-state index contributed by atoms with van der Waals surface area (Å²) in [4.78, 5) is 30.4. The van der Waals surface area contributed by atoms with E-state index in [4.69, 9.17) is 4.74 Å². The Morgan fingerprint density at radius 3 is 2.45 bits per heavy atom. The Morgan fingerprint density at radius 2 is 1.77 bits per heavy atom. The van der Waals surface area contributed by atoms with E-state index < -0.39 is 11.6 Å². The van der Waals surface area contributed by atoms with Gasteiger partial charge in [-0.2, -0.15) is 0 Å². The molecule has 0 spiro atoms. The zero-order valence-electron chi connectivity index (χ0n) is 17.5. The van der Waals surface area contributed by atoms with Crippen molar-refractivity contribution in [1.29, 1.82) is 0 Å². The molecule has 6 heteroatoms. The van der Waals surface area contributed by atoms with Crippen LogP contribution in [0.15, 0.2) is 66.7 Å². The van der Waals surface area contributed by atoms with E-state index >= 15 is 0 Å². The molecule has 2 heterocycles. The lowest BCUT2D eigenvalue weighted by Crippen LogP contribution is -2.37. The standard InChI is InChI=1S/C25H24N2O4/c1-25(2,24(29)30)31-20-10-7-17(8-11-20)18-13-15-27(16-14-18)23(28)22-12-9-19-5-3-4-6-21(19)26-22/h3-13H,14-16H2,1-2H3,(H,29,30). The molecule has 0 radical (unpaired) electrons. The minimum absolute atomic E-state index is 0.0688. The maximum atomic E-state index is 12.9.